The quantitative estimate of drug-likeness (QED) is 0.507. The van der Waals surface area contributed by atoms with Gasteiger partial charge in [-0.25, -0.2) is 5.43 Å². The van der Waals surface area contributed by atoms with Crippen LogP contribution in [0.25, 0.3) is 0 Å². The summed E-state index contributed by atoms with van der Waals surface area (Å²) in [6.07, 6.45) is 1.42. The summed E-state index contributed by atoms with van der Waals surface area (Å²) in [4.78, 5) is 12.5. The molecule has 0 unspecified atom stereocenters. The van der Waals surface area contributed by atoms with Crippen LogP contribution in [-0.2, 0) is 0 Å². The van der Waals surface area contributed by atoms with Gasteiger partial charge in [-0.2, -0.15) is 5.10 Å². The first kappa shape index (κ1) is 21.7. The van der Waals surface area contributed by atoms with E-state index in [0.717, 1.165) is 0 Å². The van der Waals surface area contributed by atoms with Crippen molar-refractivity contribution in [1.82, 2.24) is 5.43 Å². The maximum absolute atomic E-state index is 12.5. The molecule has 0 aliphatic heterocycles. The first-order chi connectivity index (χ1) is 14.0. The standard InChI is InChI=1S/C20H24N2O7/c1-24-13-9-15(25-2)14(16(10-13)26-3)11-21-22-20(23)12-7-17(27-4)19(29-6)18(8-12)28-5/h7-11H,1-6H3,(H,22,23). The van der Waals surface area contributed by atoms with Crippen LogP contribution >= 0.6 is 0 Å². The van der Waals surface area contributed by atoms with Gasteiger partial charge < -0.3 is 28.4 Å². The molecular weight excluding hydrogens is 380 g/mol. The Balaban J connectivity index is 2.28. The molecule has 0 spiro atoms. The molecule has 2 aromatic rings. The number of benzene rings is 2. The zero-order valence-electron chi connectivity index (χ0n) is 17.2. The van der Waals surface area contributed by atoms with Gasteiger partial charge in [-0.3, -0.25) is 4.79 Å². The van der Waals surface area contributed by atoms with Crippen molar-refractivity contribution >= 4 is 12.1 Å². The third-order valence-electron chi connectivity index (χ3n) is 4.04. The highest BCUT2D eigenvalue weighted by atomic mass is 16.5. The number of hydrogen-bond acceptors (Lipinski definition) is 8. The SMILES string of the molecule is COc1cc(OC)c(C=NNC(=O)c2cc(OC)c(OC)c(OC)c2)c(OC)c1. The van der Waals surface area contributed by atoms with Crippen molar-refractivity contribution in [3.63, 3.8) is 0 Å². The molecule has 0 aliphatic carbocycles. The Morgan fingerprint density at radius 2 is 1.28 bits per heavy atom. The van der Waals surface area contributed by atoms with Crippen molar-refractivity contribution in [2.24, 2.45) is 5.10 Å². The number of carbonyl (C=O) groups is 1. The van der Waals surface area contributed by atoms with Gasteiger partial charge in [-0.05, 0) is 12.1 Å². The average Bonchev–Trinajstić information content (AvgIpc) is 2.77. The second kappa shape index (κ2) is 10.1. The maximum atomic E-state index is 12.5. The fourth-order valence-electron chi connectivity index (χ4n) is 2.59. The van der Waals surface area contributed by atoms with E-state index in [-0.39, 0.29) is 5.56 Å². The summed E-state index contributed by atoms with van der Waals surface area (Å²) in [5, 5.41) is 4.01. The van der Waals surface area contributed by atoms with E-state index >= 15 is 0 Å². The van der Waals surface area contributed by atoms with Gasteiger partial charge in [0, 0.05) is 17.7 Å². The van der Waals surface area contributed by atoms with Gasteiger partial charge in [0.25, 0.3) is 5.91 Å². The number of nitrogens with zero attached hydrogens (tertiary/aromatic N) is 1. The summed E-state index contributed by atoms with van der Waals surface area (Å²) in [5.74, 6) is 2.17. The Morgan fingerprint density at radius 1 is 0.759 bits per heavy atom. The number of nitrogens with one attached hydrogen (secondary N) is 1. The first-order valence-electron chi connectivity index (χ1n) is 8.46. The van der Waals surface area contributed by atoms with E-state index in [9.17, 15) is 4.79 Å². The minimum absolute atomic E-state index is 0.283. The van der Waals surface area contributed by atoms with Crippen molar-refractivity contribution in [3.8, 4) is 34.5 Å². The second-order valence-electron chi connectivity index (χ2n) is 5.56. The number of methoxy groups -OCH3 is 6. The topological polar surface area (TPSA) is 96.8 Å². The molecule has 9 nitrogen and oxygen atoms in total. The average molecular weight is 404 g/mol. The highest BCUT2D eigenvalue weighted by molar-refractivity contribution is 5.96. The summed E-state index contributed by atoms with van der Waals surface area (Å²) in [5.41, 5.74) is 3.28. The van der Waals surface area contributed by atoms with E-state index in [1.54, 1.807) is 19.2 Å². The van der Waals surface area contributed by atoms with E-state index in [2.05, 4.69) is 10.5 Å². The van der Waals surface area contributed by atoms with Gasteiger partial charge in [0.2, 0.25) is 5.75 Å². The highest BCUT2D eigenvalue weighted by Gasteiger charge is 2.17. The van der Waals surface area contributed by atoms with Crippen LogP contribution in [0.1, 0.15) is 15.9 Å². The molecule has 0 bridgehead atoms. The molecular formula is C20H24N2O7. The predicted molar refractivity (Wildman–Crippen MR) is 107 cm³/mol. The Kier molecular flexibility index (Phi) is 7.53. The summed E-state index contributed by atoms with van der Waals surface area (Å²) < 4.78 is 31.7. The van der Waals surface area contributed by atoms with Gasteiger partial charge in [0.15, 0.2) is 11.5 Å². The molecule has 29 heavy (non-hydrogen) atoms. The Bertz CT molecular complexity index is 846. The molecule has 2 aromatic carbocycles. The van der Waals surface area contributed by atoms with E-state index in [0.29, 0.717) is 40.1 Å². The van der Waals surface area contributed by atoms with Crippen LogP contribution in [0.5, 0.6) is 34.5 Å². The third kappa shape index (κ3) is 4.81. The van der Waals surface area contributed by atoms with E-state index < -0.39 is 5.91 Å². The van der Waals surface area contributed by atoms with Crippen LogP contribution in [0.2, 0.25) is 0 Å². The van der Waals surface area contributed by atoms with Crippen molar-refractivity contribution in [1.29, 1.82) is 0 Å². The van der Waals surface area contributed by atoms with Crippen LogP contribution in [0, 0.1) is 0 Å². The maximum Gasteiger partial charge on any atom is 0.271 e. The van der Waals surface area contributed by atoms with Gasteiger partial charge >= 0.3 is 0 Å². The first-order valence-corrected chi connectivity index (χ1v) is 8.46. The molecule has 156 valence electrons. The third-order valence-corrected chi connectivity index (χ3v) is 4.04. The Hall–Kier alpha value is -3.62. The molecule has 0 saturated heterocycles. The number of ether oxygens (including phenoxy) is 6. The van der Waals surface area contributed by atoms with Crippen molar-refractivity contribution < 1.29 is 33.2 Å². The Labute approximate surface area is 169 Å². The van der Waals surface area contributed by atoms with Crippen LogP contribution in [0.3, 0.4) is 0 Å². The monoisotopic (exact) mass is 404 g/mol. The van der Waals surface area contributed by atoms with Crippen molar-refractivity contribution in [2.75, 3.05) is 42.7 Å². The number of carbonyl (C=O) groups excluding carboxylic acids is 1. The highest BCUT2D eigenvalue weighted by Crippen LogP contribution is 2.38. The normalized spacial score (nSPS) is 10.4. The molecule has 0 radical (unpaired) electrons. The van der Waals surface area contributed by atoms with Gasteiger partial charge in [0.1, 0.15) is 17.2 Å². The zero-order chi connectivity index (χ0) is 21.4. The summed E-state index contributed by atoms with van der Waals surface area (Å²) in [6.45, 7) is 0. The Morgan fingerprint density at radius 3 is 1.69 bits per heavy atom. The lowest BCUT2D eigenvalue weighted by molar-refractivity contribution is 0.0954. The number of rotatable bonds is 9. The summed E-state index contributed by atoms with van der Waals surface area (Å²) in [6, 6.07) is 6.43. The van der Waals surface area contributed by atoms with Gasteiger partial charge in [0.05, 0.1) is 54.4 Å². The molecule has 0 atom stereocenters. The van der Waals surface area contributed by atoms with Crippen molar-refractivity contribution in [3.05, 3.63) is 35.4 Å². The molecule has 0 fully saturated rings. The summed E-state index contributed by atoms with van der Waals surface area (Å²) >= 11 is 0. The fraction of sp³-hybridized carbons (Fsp3) is 0.300. The smallest absolute Gasteiger partial charge is 0.271 e. The van der Waals surface area contributed by atoms with Crippen LogP contribution in [0.4, 0.5) is 0 Å². The van der Waals surface area contributed by atoms with Crippen LogP contribution < -0.4 is 33.8 Å². The van der Waals surface area contributed by atoms with Gasteiger partial charge in [-0.15, -0.1) is 0 Å². The molecule has 0 aromatic heterocycles. The molecule has 1 amide bonds. The fourth-order valence-corrected chi connectivity index (χ4v) is 2.59. The lowest BCUT2D eigenvalue weighted by Crippen LogP contribution is -2.18. The number of hydrazone groups is 1. The van der Waals surface area contributed by atoms with E-state index in [1.165, 1.54) is 53.9 Å². The predicted octanol–water partition coefficient (Wildman–Crippen LogP) is 2.50. The second-order valence-corrected chi connectivity index (χ2v) is 5.56. The van der Waals surface area contributed by atoms with Crippen LogP contribution in [0.15, 0.2) is 29.4 Å². The van der Waals surface area contributed by atoms with Crippen LogP contribution in [-0.4, -0.2) is 54.8 Å². The minimum Gasteiger partial charge on any atom is -0.496 e. The number of amides is 1. The zero-order valence-corrected chi connectivity index (χ0v) is 17.2. The van der Waals surface area contributed by atoms with E-state index in [4.69, 9.17) is 28.4 Å². The van der Waals surface area contributed by atoms with Crippen molar-refractivity contribution in [2.45, 2.75) is 0 Å². The lowest BCUT2D eigenvalue weighted by atomic mass is 10.1. The molecule has 0 heterocycles. The molecule has 0 saturated carbocycles. The minimum atomic E-state index is -0.466. The number of hydrogen-bond donors (Lipinski definition) is 1. The summed E-state index contributed by atoms with van der Waals surface area (Å²) in [7, 11) is 9.00. The molecule has 1 N–H and O–H groups in total. The molecule has 9 heteroatoms. The van der Waals surface area contributed by atoms with Gasteiger partial charge in [-0.1, -0.05) is 0 Å². The lowest BCUT2D eigenvalue weighted by Gasteiger charge is -2.13. The molecule has 0 aliphatic rings. The largest absolute Gasteiger partial charge is 0.496 e. The molecule has 2 rings (SSSR count). The van der Waals surface area contributed by atoms with E-state index in [1.807, 2.05) is 0 Å².